The summed E-state index contributed by atoms with van der Waals surface area (Å²) in [4.78, 5) is 0.496. The second-order valence-electron chi connectivity index (χ2n) is 12.0. The van der Waals surface area contributed by atoms with Crippen LogP contribution in [0.2, 0.25) is 0 Å². The number of aryl methyl sites for hydroxylation is 1. The molecule has 0 fully saturated rings. The molecule has 2 aromatic rings. The van der Waals surface area contributed by atoms with Gasteiger partial charge < -0.3 is 0 Å². The van der Waals surface area contributed by atoms with Crippen LogP contribution in [-0.4, -0.2) is 33.1 Å². The first-order chi connectivity index (χ1) is 18.7. The summed E-state index contributed by atoms with van der Waals surface area (Å²) in [6, 6.07) is 10.4. The topological polar surface area (TPSA) is 43.4 Å². The minimum absolute atomic E-state index is 0.496. The summed E-state index contributed by atoms with van der Waals surface area (Å²) in [7, 11) is -3.98. The van der Waals surface area contributed by atoms with Crippen molar-refractivity contribution >= 4 is 27.7 Å². The Morgan fingerprint density at radius 2 is 1.10 bits per heavy atom. The summed E-state index contributed by atoms with van der Waals surface area (Å²) in [5.41, 5.74) is 2.23. The van der Waals surface area contributed by atoms with Crippen LogP contribution in [0.15, 0.2) is 35.2 Å². The van der Waals surface area contributed by atoms with Gasteiger partial charge in [-0.15, -0.1) is 0 Å². The van der Waals surface area contributed by atoms with Gasteiger partial charge in [-0.3, -0.25) is 0 Å². The van der Waals surface area contributed by atoms with Crippen LogP contribution >= 0.6 is 6.83 Å². The number of fused-ring (bicyclic) bond motifs is 1. The third-order valence-electron chi connectivity index (χ3n) is 8.64. The maximum atomic E-state index is 14.9. The van der Waals surface area contributed by atoms with Crippen LogP contribution in [0.1, 0.15) is 130 Å². The quantitative estimate of drug-likeness (QED) is 0.138. The van der Waals surface area contributed by atoms with Crippen molar-refractivity contribution in [2.75, 3.05) is 24.6 Å². The maximum absolute atomic E-state index is 14.9. The summed E-state index contributed by atoms with van der Waals surface area (Å²) in [5, 5.41) is 1.87. The SMILES string of the molecule is CCCCc1cc2ccccc2c(S(=O)(=O)OP(CCCC)(CCCC)(CCCC)CCCC)c1CCCC. The molecule has 0 saturated carbocycles. The van der Waals surface area contributed by atoms with Crippen molar-refractivity contribution in [3.05, 3.63) is 41.5 Å². The molecular weight excluding hydrogens is 519 g/mol. The first-order valence-electron chi connectivity index (χ1n) is 16.3. The Hall–Kier alpha value is -0.960. The van der Waals surface area contributed by atoms with E-state index in [0.29, 0.717) is 4.90 Å². The summed E-state index contributed by atoms with van der Waals surface area (Å²) in [5.74, 6) is 0. The fraction of sp³-hybridized carbons (Fsp3) is 0.706. The molecule has 39 heavy (non-hydrogen) atoms. The van der Waals surface area contributed by atoms with Crippen molar-refractivity contribution in [1.82, 2.24) is 0 Å². The Kier molecular flexibility index (Phi) is 14.5. The average molecular weight is 579 g/mol. The number of benzene rings is 2. The molecule has 0 radical (unpaired) electrons. The van der Waals surface area contributed by atoms with Crippen molar-refractivity contribution in [3.63, 3.8) is 0 Å². The van der Waals surface area contributed by atoms with E-state index in [9.17, 15) is 8.42 Å². The van der Waals surface area contributed by atoms with E-state index in [0.717, 1.165) is 131 Å². The van der Waals surface area contributed by atoms with Crippen LogP contribution < -0.4 is 0 Å². The predicted molar refractivity (Wildman–Crippen MR) is 175 cm³/mol. The molecule has 3 nitrogen and oxygen atoms in total. The van der Waals surface area contributed by atoms with Crippen LogP contribution in [-0.2, 0) is 26.9 Å². The minimum atomic E-state index is -3.98. The van der Waals surface area contributed by atoms with Crippen molar-refractivity contribution in [2.45, 2.75) is 136 Å². The Balaban J connectivity index is 2.88. The number of rotatable bonds is 21. The summed E-state index contributed by atoms with van der Waals surface area (Å²) < 4.78 is 37.0. The van der Waals surface area contributed by atoms with Crippen LogP contribution in [0.5, 0.6) is 0 Å². The normalized spacial score (nSPS) is 13.5. The van der Waals surface area contributed by atoms with Crippen LogP contribution in [0.3, 0.4) is 0 Å². The molecule has 0 bridgehead atoms. The van der Waals surface area contributed by atoms with E-state index >= 15 is 0 Å². The number of hydrogen-bond acceptors (Lipinski definition) is 3. The first kappa shape index (κ1) is 34.2. The molecule has 0 heterocycles. The van der Waals surface area contributed by atoms with E-state index in [4.69, 9.17) is 3.97 Å². The third-order valence-corrected chi connectivity index (χ3v) is 17.9. The molecule has 0 aliphatic rings. The standard InChI is InChI=1S/C34H59O3PS/c1-7-13-21-30-29-31-22-19-20-24-33(31)34(32(30)23-14-8-2)39(35,36)37-38(25-15-9-3,26-16-10-4,27-17-11-5)28-18-12-6/h19-20,22,24,29H,7-18,21,23,25-28H2,1-6H3. The Morgan fingerprint density at radius 3 is 1.59 bits per heavy atom. The van der Waals surface area contributed by atoms with Gasteiger partial charge in [-0.2, -0.15) is 0 Å². The van der Waals surface area contributed by atoms with E-state index in [2.05, 4.69) is 53.7 Å². The fourth-order valence-corrected chi connectivity index (χ4v) is 16.8. The Bertz CT molecular complexity index is 1070. The molecule has 0 N–H and O–H groups in total. The second-order valence-corrected chi connectivity index (χ2v) is 19.4. The van der Waals surface area contributed by atoms with Crippen LogP contribution in [0, 0.1) is 0 Å². The Morgan fingerprint density at radius 1 is 0.641 bits per heavy atom. The van der Waals surface area contributed by atoms with Gasteiger partial charge in [0, 0.05) is 0 Å². The molecule has 0 spiro atoms. The molecule has 0 aliphatic heterocycles. The van der Waals surface area contributed by atoms with E-state index in [1.807, 2.05) is 18.2 Å². The predicted octanol–water partition coefficient (Wildman–Crippen LogP) is 10.9. The van der Waals surface area contributed by atoms with Gasteiger partial charge in [0.2, 0.25) is 0 Å². The van der Waals surface area contributed by atoms with Gasteiger partial charge in [-0.1, -0.05) is 0 Å². The zero-order chi connectivity index (χ0) is 28.8. The zero-order valence-corrected chi connectivity index (χ0v) is 27.9. The molecule has 0 atom stereocenters. The van der Waals surface area contributed by atoms with Crippen molar-refractivity contribution in [1.29, 1.82) is 0 Å². The molecule has 2 rings (SSSR count). The van der Waals surface area contributed by atoms with Gasteiger partial charge in [-0.25, -0.2) is 0 Å². The molecule has 224 valence electrons. The van der Waals surface area contributed by atoms with Gasteiger partial charge in [0.05, 0.1) is 0 Å². The van der Waals surface area contributed by atoms with Gasteiger partial charge in [0.15, 0.2) is 0 Å². The summed E-state index contributed by atoms with van der Waals surface area (Å²) >= 11 is 0. The van der Waals surface area contributed by atoms with Gasteiger partial charge in [0.25, 0.3) is 0 Å². The molecular formula is C34H59O3PS. The first-order valence-corrected chi connectivity index (χ1v) is 20.6. The zero-order valence-electron chi connectivity index (χ0n) is 26.2. The molecule has 5 heteroatoms. The molecule has 0 saturated heterocycles. The fourth-order valence-electron chi connectivity index (χ4n) is 6.28. The molecule has 0 aromatic heterocycles. The number of hydrogen-bond donors (Lipinski definition) is 0. The van der Waals surface area contributed by atoms with Crippen molar-refractivity contribution in [3.8, 4) is 0 Å². The van der Waals surface area contributed by atoms with E-state index in [1.54, 1.807) is 0 Å². The third kappa shape index (κ3) is 9.01. The molecule has 0 aliphatic carbocycles. The number of unbranched alkanes of at least 4 members (excludes halogenated alkanes) is 6. The summed E-state index contributed by atoms with van der Waals surface area (Å²) in [6.45, 7) is 10.3. The van der Waals surface area contributed by atoms with Gasteiger partial charge >= 0.3 is 243 Å². The van der Waals surface area contributed by atoms with Crippen molar-refractivity contribution in [2.24, 2.45) is 0 Å². The van der Waals surface area contributed by atoms with E-state index < -0.39 is 16.9 Å². The molecule has 2 aromatic carbocycles. The Labute approximate surface area is 242 Å². The van der Waals surface area contributed by atoms with E-state index in [1.165, 1.54) is 5.56 Å². The van der Waals surface area contributed by atoms with Crippen LogP contribution in [0.25, 0.3) is 10.8 Å². The van der Waals surface area contributed by atoms with Gasteiger partial charge in [0.1, 0.15) is 0 Å². The van der Waals surface area contributed by atoms with E-state index in [-0.39, 0.29) is 0 Å². The average Bonchev–Trinajstić information content (AvgIpc) is 2.94. The monoisotopic (exact) mass is 578 g/mol. The van der Waals surface area contributed by atoms with Crippen molar-refractivity contribution < 1.29 is 12.4 Å². The van der Waals surface area contributed by atoms with Gasteiger partial charge in [-0.05, 0) is 0 Å². The summed E-state index contributed by atoms with van der Waals surface area (Å²) in [6.07, 6.45) is 18.2. The molecule has 0 unspecified atom stereocenters. The second kappa shape index (κ2) is 16.5. The molecule has 0 amide bonds. The van der Waals surface area contributed by atoms with Crippen LogP contribution in [0.4, 0.5) is 0 Å².